The topological polar surface area (TPSA) is 54.0 Å². The van der Waals surface area contributed by atoms with Crippen LogP contribution in [0.15, 0.2) is 30.5 Å². The highest BCUT2D eigenvalue weighted by atomic mass is 35.5. The number of hydrogen-bond donors (Lipinski definition) is 2. The van der Waals surface area contributed by atoms with E-state index >= 15 is 0 Å². The van der Waals surface area contributed by atoms with Crippen LogP contribution >= 0.6 is 11.6 Å². The molecule has 5 heteroatoms. The van der Waals surface area contributed by atoms with Crippen LogP contribution in [-0.4, -0.2) is 10.9 Å². The lowest BCUT2D eigenvalue weighted by molar-refractivity contribution is 0.102. The first kappa shape index (κ1) is 13.1. The molecule has 0 radical (unpaired) electrons. The van der Waals surface area contributed by atoms with Gasteiger partial charge in [-0.15, -0.1) is 0 Å². The standard InChI is InChI=1S/C15H14ClN3O/c1-9-4-13(14(16)18-6-9)19-15(20)10-2-3-11-7-17-8-12(11)5-10/h2-6,17H,7-8H2,1H3,(H,19,20). The van der Waals surface area contributed by atoms with Crippen molar-refractivity contribution < 1.29 is 4.79 Å². The van der Waals surface area contributed by atoms with Crippen LogP contribution in [0.3, 0.4) is 0 Å². The summed E-state index contributed by atoms with van der Waals surface area (Å²) in [7, 11) is 0. The lowest BCUT2D eigenvalue weighted by Gasteiger charge is -2.08. The second-order valence-corrected chi connectivity index (χ2v) is 5.25. The van der Waals surface area contributed by atoms with Crippen LogP contribution in [-0.2, 0) is 13.1 Å². The van der Waals surface area contributed by atoms with Crippen molar-refractivity contribution in [2.24, 2.45) is 0 Å². The van der Waals surface area contributed by atoms with Gasteiger partial charge in [0.25, 0.3) is 5.91 Å². The zero-order valence-electron chi connectivity index (χ0n) is 11.0. The Hall–Kier alpha value is -1.91. The number of halogens is 1. The number of anilines is 1. The Bertz CT molecular complexity index is 685. The highest BCUT2D eigenvalue weighted by molar-refractivity contribution is 6.32. The molecule has 0 bridgehead atoms. The van der Waals surface area contributed by atoms with Crippen molar-refractivity contribution in [3.63, 3.8) is 0 Å². The second-order valence-electron chi connectivity index (χ2n) is 4.89. The Morgan fingerprint density at radius 3 is 2.95 bits per heavy atom. The molecule has 0 unspecified atom stereocenters. The molecule has 1 aromatic heterocycles. The molecule has 0 saturated heterocycles. The Labute approximate surface area is 122 Å². The van der Waals surface area contributed by atoms with Crippen LogP contribution in [0.5, 0.6) is 0 Å². The van der Waals surface area contributed by atoms with Gasteiger partial charge < -0.3 is 10.6 Å². The van der Waals surface area contributed by atoms with Gasteiger partial charge in [-0.05, 0) is 41.8 Å². The van der Waals surface area contributed by atoms with Gasteiger partial charge in [-0.2, -0.15) is 0 Å². The Kier molecular flexibility index (Phi) is 3.42. The fraction of sp³-hybridized carbons (Fsp3) is 0.200. The molecule has 4 nitrogen and oxygen atoms in total. The summed E-state index contributed by atoms with van der Waals surface area (Å²) in [5.41, 5.74) is 4.53. The molecule has 2 heterocycles. The summed E-state index contributed by atoms with van der Waals surface area (Å²) in [6.45, 7) is 3.58. The van der Waals surface area contributed by atoms with E-state index in [0.717, 1.165) is 18.7 Å². The van der Waals surface area contributed by atoms with E-state index < -0.39 is 0 Å². The lowest BCUT2D eigenvalue weighted by atomic mass is 10.1. The first-order chi connectivity index (χ1) is 9.63. The number of amides is 1. The molecule has 0 spiro atoms. The maximum Gasteiger partial charge on any atom is 0.255 e. The highest BCUT2D eigenvalue weighted by Gasteiger charge is 2.14. The molecule has 2 aromatic rings. The van der Waals surface area contributed by atoms with Crippen LogP contribution in [0.1, 0.15) is 27.0 Å². The summed E-state index contributed by atoms with van der Waals surface area (Å²) in [6, 6.07) is 7.54. The van der Waals surface area contributed by atoms with Gasteiger partial charge in [-0.25, -0.2) is 4.98 Å². The zero-order valence-corrected chi connectivity index (χ0v) is 11.8. The predicted octanol–water partition coefficient (Wildman–Crippen LogP) is 2.90. The Morgan fingerprint density at radius 1 is 1.30 bits per heavy atom. The predicted molar refractivity (Wildman–Crippen MR) is 78.9 cm³/mol. The summed E-state index contributed by atoms with van der Waals surface area (Å²) in [4.78, 5) is 16.3. The summed E-state index contributed by atoms with van der Waals surface area (Å²) in [5, 5.41) is 6.36. The number of aryl methyl sites for hydroxylation is 1. The molecule has 0 aliphatic carbocycles. The van der Waals surface area contributed by atoms with Crippen LogP contribution in [0.2, 0.25) is 5.15 Å². The van der Waals surface area contributed by atoms with Gasteiger partial charge in [0.2, 0.25) is 0 Å². The van der Waals surface area contributed by atoms with Crippen molar-refractivity contribution >= 4 is 23.2 Å². The number of aromatic nitrogens is 1. The quantitative estimate of drug-likeness (QED) is 0.835. The number of carbonyl (C=O) groups is 1. The zero-order chi connectivity index (χ0) is 14.1. The van der Waals surface area contributed by atoms with E-state index in [1.54, 1.807) is 6.20 Å². The Morgan fingerprint density at radius 2 is 2.10 bits per heavy atom. The number of carbonyl (C=O) groups excluding carboxylic acids is 1. The number of nitrogens with one attached hydrogen (secondary N) is 2. The van der Waals surface area contributed by atoms with Crippen molar-refractivity contribution in [1.29, 1.82) is 0 Å². The van der Waals surface area contributed by atoms with Gasteiger partial charge in [0, 0.05) is 24.8 Å². The van der Waals surface area contributed by atoms with Gasteiger partial charge in [0.05, 0.1) is 5.69 Å². The SMILES string of the molecule is Cc1cnc(Cl)c(NC(=O)c2ccc3c(c2)CNC3)c1. The molecule has 0 saturated carbocycles. The van der Waals surface area contributed by atoms with Gasteiger partial charge in [-0.1, -0.05) is 17.7 Å². The van der Waals surface area contributed by atoms with E-state index in [2.05, 4.69) is 15.6 Å². The number of hydrogen-bond acceptors (Lipinski definition) is 3. The average molecular weight is 288 g/mol. The lowest BCUT2D eigenvalue weighted by Crippen LogP contribution is -2.13. The highest BCUT2D eigenvalue weighted by Crippen LogP contribution is 2.22. The molecule has 20 heavy (non-hydrogen) atoms. The first-order valence-corrected chi connectivity index (χ1v) is 6.77. The fourth-order valence-electron chi connectivity index (χ4n) is 2.27. The molecular weight excluding hydrogens is 274 g/mol. The van der Waals surface area contributed by atoms with Crippen molar-refractivity contribution in [2.45, 2.75) is 20.0 Å². The fourth-order valence-corrected chi connectivity index (χ4v) is 2.42. The Balaban J connectivity index is 1.84. The van der Waals surface area contributed by atoms with Gasteiger partial charge in [-0.3, -0.25) is 4.79 Å². The molecule has 3 rings (SSSR count). The van der Waals surface area contributed by atoms with Crippen molar-refractivity contribution in [2.75, 3.05) is 5.32 Å². The smallest absolute Gasteiger partial charge is 0.255 e. The number of rotatable bonds is 2. The van der Waals surface area contributed by atoms with E-state index in [4.69, 9.17) is 11.6 Å². The third-order valence-electron chi connectivity index (χ3n) is 3.32. The molecule has 1 aliphatic rings. The second kappa shape index (κ2) is 5.23. The molecule has 1 amide bonds. The van der Waals surface area contributed by atoms with Crippen LogP contribution in [0.4, 0.5) is 5.69 Å². The van der Waals surface area contributed by atoms with Crippen molar-refractivity contribution in [3.8, 4) is 0 Å². The molecule has 102 valence electrons. The molecule has 0 fully saturated rings. The van der Waals surface area contributed by atoms with Gasteiger partial charge >= 0.3 is 0 Å². The van der Waals surface area contributed by atoms with Gasteiger partial charge in [0.1, 0.15) is 0 Å². The van der Waals surface area contributed by atoms with E-state index in [-0.39, 0.29) is 5.91 Å². The largest absolute Gasteiger partial charge is 0.319 e. The first-order valence-electron chi connectivity index (χ1n) is 6.39. The molecule has 0 atom stereocenters. The molecular formula is C15H14ClN3O. The van der Waals surface area contributed by atoms with E-state index in [1.807, 2.05) is 31.2 Å². The summed E-state index contributed by atoms with van der Waals surface area (Å²) < 4.78 is 0. The summed E-state index contributed by atoms with van der Waals surface area (Å²) in [6.07, 6.45) is 1.67. The summed E-state index contributed by atoms with van der Waals surface area (Å²) in [5.74, 6) is -0.172. The average Bonchev–Trinajstić information content (AvgIpc) is 2.90. The normalized spacial score (nSPS) is 13.1. The van der Waals surface area contributed by atoms with E-state index in [1.165, 1.54) is 11.1 Å². The van der Waals surface area contributed by atoms with E-state index in [9.17, 15) is 4.79 Å². The van der Waals surface area contributed by atoms with Crippen molar-refractivity contribution in [1.82, 2.24) is 10.3 Å². The monoisotopic (exact) mass is 287 g/mol. The van der Waals surface area contributed by atoms with Crippen LogP contribution in [0, 0.1) is 6.92 Å². The van der Waals surface area contributed by atoms with Crippen molar-refractivity contribution in [3.05, 3.63) is 57.9 Å². The molecule has 1 aliphatic heterocycles. The van der Waals surface area contributed by atoms with E-state index in [0.29, 0.717) is 16.4 Å². The minimum Gasteiger partial charge on any atom is -0.319 e. The third kappa shape index (κ3) is 2.53. The number of fused-ring (bicyclic) bond motifs is 1. The summed E-state index contributed by atoms with van der Waals surface area (Å²) >= 11 is 5.99. The number of benzene rings is 1. The number of pyridine rings is 1. The number of nitrogens with zero attached hydrogens (tertiary/aromatic N) is 1. The maximum atomic E-state index is 12.3. The van der Waals surface area contributed by atoms with Gasteiger partial charge in [0.15, 0.2) is 5.15 Å². The van der Waals surface area contributed by atoms with Crippen LogP contribution < -0.4 is 10.6 Å². The molecule has 1 aromatic carbocycles. The maximum absolute atomic E-state index is 12.3. The molecule has 2 N–H and O–H groups in total. The third-order valence-corrected chi connectivity index (χ3v) is 3.62. The minimum atomic E-state index is -0.172. The minimum absolute atomic E-state index is 0.172. The van der Waals surface area contributed by atoms with Crippen LogP contribution in [0.25, 0.3) is 0 Å².